The standard InChI is InChI=1S/C15H30O4/c1-2-3-4-6-9-12-18-13-10-7-5-8-11-14-19-15(16)17/h2-14H2,1H3,(H,16,17). The van der Waals surface area contributed by atoms with Crippen molar-refractivity contribution in [2.45, 2.75) is 71.1 Å². The first-order valence-corrected chi connectivity index (χ1v) is 7.70. The van der Waals surface area contributed by atoms with Crippen LogP contribution in [-0.2, 0) is 9.47 Å². The molecule has 0 heterocycles. The molecule has 0 unspecified atom stereocenters. The molecule has 0 saturated heterocycles. The molecule has 114 valence electrons. The van der Waals surface area contributed by atoms with Gasteiger partial charge in [-0.1, -0.05) is 51.9 Å². The summed E-state index contributed by atoms with van der Waals surface area (Å²) < 4.78 is 10.0. The Morgan fingerprint density at radius 1 is 0.789 bits per heavy atom. The monoisotopic (exact) mass is 274 g/mol. The molecule has 0 aliphatic carbocycles. The fourth-order valence-corrected chi connectivity index (χ4v) is 1.91. The maximum Gasteiger partial charge on any atom is 0.505 e. The first-order valence-electron chi connectivity index (χ1n) is 7.70. The molecule has 19 heavy (non-hydrogen) atoms. The molecule has 0 rings (SSSR count). The highest BCUT2D eigenvalue weighted by Crippen LogP contribution is 2.05. The van der Waals surface area contributed by atoms with Crippen LogP contribution in [0.4, 0.5) is 4.79 Å². The summed E-state index contributed by atoms with van der Waals surface area (Å²) in [4.78, 5) is 10.1. The van der Waals surface area contributed by atoms with E-state index in [4.69, 9.17) is 9.84 Å². The molecule has 4 nitrogen and oxygen atoms in total. The van der Waals surface area contributed by atoms with Crippen LogP contribution in [-0.4, -0.2) is 31.1 Å². The van der Waals surface area contributed by atoms with Crippen molar-refractivity contribution < 1.29 is 19.4 Å². The number of hydrogen-bond acceptors (Lipinski definition) is 3. The van der Waals surface area contributed by atoms with E-state index < -0.39 is 6.16 Å². The minimum absolute atomic E-state index is 0.323. The zero-order valence-electron chi connectivity index (χ0n) is 12.4. The lowest BCUT2D eigenvalue weighted by Gasteiger charge is -2.04. The van der Waals surface area contributed by atoms with Crippen LogP contribution in [0.5, 0.6) is 0 Å². The van der Waals surface area contributed by atoms with Gasteiger partial charge in [0, 0.05) is 13.2 Å². The van der Waals surface area contributed by atoms with Crippen molar-refractivity contribution in [3.05, 3.63) is 0 Å². The van der Waals surface area contributed by atoms with E-state index in [1.54, 1.807) is 0 Å². The molecule has 0 bridgehead atoms. The third kappa shape index (κ3) is 17.2. The van der Waals surface area contributed by atoms with Crippen LogP contribution < -0.4 is 0 Å². The third-order valence-electron chi connectivity index (χ3n) is 3.05. The summed E-state index contributed by atoms with van der Waals surface area (Å²) in [6.07, 6.45) is 10.5. The van der Waals surface area contributed by atoms with Gasteiger partial charge in [-0.2, -0.15) is 0 Å². The average Bonchev–Trinajstić information content (AvgIpc) is 2.39. The van der Waals surface area contributed by atoms with E-state index in [0.717, 1.165) is 45.3 Å². The molecule has 0 atom stereocenters. The smallest absolute Gasteiger partial charge is 0.450 e. The van der Waals surface area contributed by atoms with E-state index in [1.165, 1.54) is 32.1 Å². The molecule has 0 saturated carbocycles. The quantitative estimate of drug-likeness (QED) is 0.371. The van der Waals surface area contributed by atoms with Crippen LogP contribution >= 0.6 is 0 Å². The highest BCUT2D eigenvalue weighted by Gasteiger charge is 1.96. The summed E-state index contributed by atoms with van der Waals surface area (Å²) >= 11 is 0. The van der Waals surface area contributed by atoms with Gasteiger partial charge in [-0.25, -0.2) is 4.79 Å². The topological polar surface area (TPSA) is 55.8 Å². The fraction of sp³-hybridized carbons (Fsp3) is 0.933. The van der Waals surface area contributed by atoms with E-state index in [1.807, 2.05) is 0 Å². The zero-order chi connectivity index (χ0) is 14.2. The van der Waals surface area contributed by atoms with E-state index in [2.05, 4.69) is 11.7 Å². The number of hydrogen-bond donors (Lipinski definition) is 1. The van der Waals surface area contributed by atoms with Crippen LogP contribution in [0.1, 0.15) is 71.1 Å². The van der Waals surface area contributed by atoms with Gasteiger partial charge in [0.2, 0.25) is 0 Å². The summed E-state index contributed by atoms with van der Waals surface area (Å²) in [5, 5.41) is 8.27. The van der Waals surface area contributed by atoms with Gasteiger partial charge in [-0.3, -0.25) is 0 Å². The second kappa shape index (κ2) is 15.3. The second-order valence-corrected chi connectivity index (χ2v) is 4.91. The van der Waals surface area contributed by atoms with Gasteiger partial charge in [-0.15, -0.1) is 0 Å². The van der Waals surface area contributed by atoms with E-state index in [-0.39, 0.29) is 0 Å². The Hall–Kier alpha value is -0.770. The van der Waals surface area contributed by atoms with Crippen molar-refractivity contribution in [2.75, 3.05) is 19.8 Å². The van der Waals surface area contributed by atoms with Gasteiger partial charge in [0.25, 0.3) is 0 Å². The summed E-state index contributed by atoms with van der Waals surface area (Å²) in [6, 6.07) is 0. The first kappa shape index (κ1) is 18.2. The molecule has 0 aromatic carbocycles. The number of ether oxygens (including phenoxy) is 2. The Kier molecular flexibility index (Phi) is 14.7. The number of rotatable bonds is 14. The molecule has 0 spiro atoms. The second-order valence-electron chi connectivity index (χ2n) is 4.91. The lowest BCUT2D eigenvalue weighted by Crippen LogP contribution is -2.01. The highest BCUT2D eigenvalue weighted by molar-refractivity contribution is 5.56. The van der Waals surface area contributed by atoms with E-state index in [0.29, 0.717) is 6.61 Å². The normalized spacial score (nSPS) is 10.6. The predicted molar refractivity (Wildman–Crippen MR) is 76.6 cm³/mol. The zero-order valence-corrected chi connectivity index (χ0v) is 12.4. The molecule has 1 N–H and O–H groups in total. The molecule has 0 radical (unpaired) electrons. The van der Waals surface area contributed by atoms with Crippen molar-refractivity contribution >= 4 is 6.16 Å². The maximum absolute atomic E-state index is 10.1. The lowest BCUT2D eigenvalue weighted by molar-refractivity contribution is 0.0898. The van der Waals surface area contributed by atoms with Crippen LogP contribution in [0.2, 0.25) is 0 Å². The average molecular weight is 274 g/mol. The summed E-state index contributed by atoms with van der Waals surface area (Å²) in [7, 11) is 0. The van der Waals surface area contributed by atoms with Crippen molar-refractivity contribution in [1.29, 1.82) is 0 Å². The Morgan fingerprint density at radius 3 is 1.79 bits per heavy atom. The van der Waals surface area contributed by atoms with Crippen LogP contribution in [0.3, 0.4) is 0 Å². The lowest BCUT2D eigenvalue weighted by atomic mass is 10.1. The van der Waals surface area contributed by atoms with Crippen molar-refractivity contribution in [1.82, 2.24) is 0 Å². The van der Waals surface area contributed by atoms with Crippen molar-refractivity contribution in [3.8, 4) is 0 Å². The molecular formula is C15H30O4. The molecule has 0 fully saturated rings. The van der Waals surface area contributed by atoms with Gasteiger partial charge in [-0.05, 0) is 19.3 Å². The molecule has 0 aromatic rings. The van der Waals surface area contributed by atoms with Gasteiger partial charge in [0.1, 0.15) is 0 Å². The fourth-order valence-electron chi connectivity index (χ4n) is 1.91. The van der Waals surface area contributed by atoms with Crippen LogP contribution in [0, 0.1) is 0 Å². The Bertz CT molecular complexity index is 195. The molecule has 0 aromatic heterocycles. The Labute approximate surface area is 117 Å². The number of carboxylic acid groups (broad SMARTS) is 1. The van der Waals surface area contributed by atoms with Crippen LogP contribution in [0.15, 0.2) is 0 Å². The summed E-state index contributed by atoms with van der Waals surface area (Å²) in [5.74, 6) is 0. The largest absolute Gasteiger partial charge is 0.505 e. The van der Waals surface area contributed by atoms with Crippen molar-refractivity contribution in [3.63, 3.8) is 0 Å². The van der Waals surface area contributed by atoms with Gasteiger partial charge in [0.15, 0.2) is 0 Å². The Balaban J connectivity index is 2.93. The van der Waals surface area contributed by atoms with E-state index in [9.17, 15) is 4.79 Å². The summed E-state index contributed by atoms with van der Waals surface area (Å²) in [5.41, 5.74) is 0. The minimum Gasteiger partial charge on any atom is -0.450 e. The molecule has 4 heteroatoms. The van der Waals surface area contributed by atoms with Gasteiger partial charge >= 0.3 is 6.16 Å². The molecule has 0 amide bonds. The predicted octanol–water partition coefficient (Wildman–Crippen LogP) is 4.62. The van der Waals surface area contributed by atoms with Gasteiger partial charge < -0.3 is 14.6 Å². The van der Waals surface area contributed by atoms with E-state index >= 15 is 0 Å². The maximum atomic E-state index is 10.1. The molecule has 0 aliphatic heterocycles. The Morgan fingerprint density at radius 2 is 1.26 bits per heavy atom. The number of carbonyl (C=O) groups is 1. The first-order chi connectivity index (χ1) is 9.27. The van der Waals surface area contributed by atoms with Gasteiger partial charge in [0.05, 0.1) is 6.61 Å². The molecular weight excluding hydrogens is 244 g/mol. The third-order valence-corrected chi connectivity index (χ3v) is 3.05. The van der Waals surface area contributed by atoms with Crippen LogP contribution in [0.25, 0.3) is 0 Å². The highest BCUT2D eigenvalue weighted by atomic mass is 16.7. The summed E-state index contributed by atoms with van der Waals surface area (Å²) in [6.45, 7) is 4.31. The van der Waals surface area contributed by atoms with Crippen molar-refractivity contribution in [2.24, 2.45) is 0 Å². The SMILES string of the molecule is CCCCCCCOCCCCCCCOC(=O)O. The number of unbranched alkanes of at least 4 members (excludes halogenated alkanes) is 8. The minimum atomic E-state index is -1.17. The molecule has 0 aliphatic rings.